The van der Waals surface area contributed by atoms with E-state index in [1.807, 2.05) is 19.2 Å². The number of carboxylic acid groups (broad SMARTS) is 1. The second kappa shape index (κ2) is 7.65. The van der Waals surface area contributed by atoms with E-state index in [4.69, 9.17) is 5.11 Å². The number of aliphatic carboxylic acids is 1. The maximum Gasteiger partial charge on any atom is 0.303 e. The summed E-state index contributed by atoms with van der Waals surface area (Å²) in [4.78, 5) is 14.3. The van der Waals surface area contributed by atoms with E-state index in [2.05, 4.69) is 10.3 Å². The van der Waals surface area contributed by atoms with Crippen molar-refractivity contribution in [3.8, 4) is 0 Å². The van der Waals surface area contributed by atoms with Crippen molar-refractivity contribution >= 4 is 11.7 Å². The minimum atomic E-state index is -0.699. The first kappa shape index (κ1) is 13.5. The summed E-state index contributed by atoms with van der Waals surface area (Å²) in [6.07, 6.45) is 7.83. The van der Waals surface area contributed by atoms with Crippen molar-refractivity contribution in [2.75, 3.05) is 11.9 Å². The van der Waals surface area contributed by atoms with Gasteiger partial charge < -0.3 is 10.4 Å². The Morgan fingerprint density at radius 1 is 1.35 bits per heavy atom. The van der Waals surface area contributed by atoms with Gasteiger partial charge in [-0.05, 0) is 31.4 Å². The Morgan fingerprint density at radius 2 is 2.12 bits per heavy atom. The van der Waals surface area contributed by atoms with E-state index in [1.54, 1.807) is 6.20 Å². The van der Waals surface area contributed by atoms with E-state index >= 15 is 0 Å². The van der Waals surface area contributed by atoms with Gasteiger partial charge in [-0.3, -0.25) is 9.78 Å². The average molecular weight is 236 g/mol. The number of rotatable bonds is 8. The Balaban J connectivity index is 2.05. The number of anilines is 1. The first-order valence-corrected chi connectivity index (χ1v) is 6.06. The number of nitrogens with zero attached hydrogens (tertiary/aromatic N) is 1. The van der Waals surface area contributed by atoms with E-state index in [0.29, 0.717) is 0 Å². The van der Waals surface area contributed by atoms with Gasteiger partial charge in [-0.1, -0.05) is 12.8 Å². The van der Waals surface area contributed by atoms with Gasteiger partial charge in [0.25, 0.3) is 0 Å². The lowest BCUT2D eigenvalue weighted by molar-refractivity contribution is -0.137. The monoisotopic (exact) mass is 236 g/mol. The number of aryl methyl sites for hydroxylation is 1. The summed E-state index contributed by atoms with van der Waals surface area (Å²) in [5.74, 6) is -0.699. The van der Waals surface area contributed by atoms with Crippen LogP contribution in [0.3, 0.4) is 0 Å². The highest BCUT2D eigenvalue weighted by molar-refractivity contribution is 5.66. The fourth-order valence-corrected chi connectivity index (χ4v) is 1.65. The van der Waals surface area contributed by atoms with E-state index < -0.39 is 5.97 Å². The molecule has 0 aliphatic heterocycles. The summed E-state index contributed by atoms with van der Waals surface area (Å²) in [6, 6.07) is 1.97. The van der Waals surface area contributed by atoms with Gasteiger partial charge >= 0.3 is 5.97 Å². The number of pyridine rings is 1. The van der Waals surface area contributed by atoms with Gasteiger partial charge in [0, 0.05) is 31.0 Å². The zero-order valence-corrected chi connectivity index (χ0v) is 10.3. The largest absolute Gasteiger partial charge is 0.481 e. The van der Waals surface area contributed by atoms with Crippen molar-refractivity contribution in [1.82, 2.24) is 4.98 Å². The number of aromatic nitrogens is 1. The molecule has 0 atom stereocenters. The maximum atomic E-state index is 10.3. The van der Waals surface area contributed by atoms with Gasteiger partial charge in [-0.2, -0.15) is 0 Å². The van der Waals surface area contributed by atoms with Crippen molar-refractivity contribution in [2.45, 2.75) is 39.0 Å². The summed E-state index contributed by atoms with van der Waals surface area (Å²) < 4.78 is 0. The first-order chi connectivity index (χ1) is 8.20. The molecule has 2 N–H and O–H groups in total. The van der Waals surface area contributed by atoms with Gasteiger partial charge in [0.05, 0.1) is 0 Å². The smallest absolute Gasteiger partial charge is 0.303 e. The highest BCUT2D eigenvalue weighted by Gasteiger charge is 1.98. The van der Waals surface area contributed by atoms with Crippen molar-refractivity contribution in [3.63, 3.8) is 0 Å². The topological polar surface area (TPSA) is 62.2 Å². The average Bonchev–Trinajstić information content (AvgIpc) is 2.30. The van der Waals surface area contributed by atoms with Gasteiger partial charge in [-0.15, -0.1) is 0 Å². The molecule has 4 nitrogen and oxygen atoms in total. The van der Waals surface area contributed by atoms with E-state index in [-0.39, 0.29) is 6.42 Å². The molecule has 1 aromatic rings. The molecule has 1 aromatic heterocycles. The normalized spacial score (nSPS) is 10.2. The fraction of sp³-hybridized carbons (Fsp3) is 0.538. The Labute approximate surface area is 102 Å². The van der Waals surface area contributed by atoms with Crippen molar-refractivity contribution in [3.05, 3.63) is 24.0 Å². The summed E-state index contributed by atoms with van der Waals surface area (Å²) in [6.45, 7) is 2.96. The summed E-state index contributed by atoms with van der Waals surface area (Å²) in [5.41, 5.74) is 2.28. The second-order valence-corrected chi connectivity index (χ2v) is 4.18. The van der Waals surface area contributed by atoms with Crippen molar-refractivity contribution in [1.29, 1.82) is 0 Å². The molecule has 0 fully saturated rings. The number of carbonyl (C=O) groups is 1. The molecule has 0 aromatic carbocycles. The number of carboxylic acids is 1. The van der Waals surface area contributed by atoms with Crippen molar-refractivity contribution < 1.29 is 9.90 Å². The van der Waals surface area contributed by atoms with Crippen molar-refractivity contribution in [2.24, 2.45) is 0 Å². The van der Waals surface area contributed by atoms with Crippen LogP contribution in [0.15, 0.2) is 18.5 Å². The Morgan fingerprint density at radius 3 is 2.82 bits per heavy atom. The van der Waals surface area contributed by atoms with E-state index in [9.17, 15) is 4.79 Å². The molecule has 4 heteroatoms. The van der Waals surface area contributed by atoms with Crippen LogP contribution in [0.2, 0.25) is 0 Å². The zero-order valence-electron chi connectivity index (χ0n) is 10.3. The summed E-state index contributed by atoms with van der Waals surface area (Å²) in [7, 11) is 0. The molecule has 0 saturated heterocycles. The SMILES string of the molecule is Cc1cnccc1NCCCCCCC(=O)O. The second-order valence-electron chi connectivity index (χ2n) is 4.18. The predicted molar refractivity (Wildman–Crippen MR) is 68.2 cm³/mol. The standard InChI is InChI=1S/C13H20N2O2/c1-11-10-14-9-7-12(11)15-8-5-3-2-4-6-13(16)17/h7,9-10H,2-6,8H2,1H3,(H,14,15)(H,16,17). The van der Waals surface area contributed by atoms with Crippen LogP contribution in [-0.2, 0) is 4.79 Å². The van der Waals surface area contributed by atoms with E-state index in [0.717, 1.165) is 43.5 Å². The van der Waals surface area contributed by atoms with Crippen LogP contribution in [0.4, 0.5) is 5.69 Å². The predicted octanol–water partition coefficient (Wildman–Crippen LogP) is 2.84. The number of hydrogen-bond acceptors (Lipinski definition) is 3. The van der Waals surface area contributed by atoms with Crippen LogP contribution in [0.25, 0.3) is 0 Å². The highest BCUT2D eigenvalue weighted by atomic mass is 16.4. The summed E-state index contributed by atoms with van der Waals surface area (Å²) in [5, 5.41) is 11.8. The number of unbranched alkanes of at least 4 members (excludes halogenated alkanes) is 3. The lowest BCUT2D eigenvalue weighted by Gasteiger charge is -2.08. The minimum Gasteiger partial charge on any atom is -0.481 e. The molecule has 0 saturated carbocycles. The van der Waals surface area contributed by atoms with E-state index in [1.165, 1.54) is 0 Å². The third-order valence-corrected chi connectivity index (χ3v) is 2.65. The van der Waals surface area contributed by atoms with Crippen LogP contribution in [-0.4, -0.2) is 22.6 Å². The molecule has 0 aliphatic rings. The molecule has 0 unspecified atom stereocenters. The Hall–Kier alpha value is -1.58. The highest BCUT2D eigenvalue weighted by Crippen LogP contribution is 2.12. The molecular formula is C13H20N2O2. The maximum absolute atomic E-state index is 10.3. The Kier molecular flexibility index (Phi) is 6.07. The molecule has 94 valence electrons. The zero-order chi connectivity index (χ0) is 12.5. The lowest BCUT2D eigenvalue weighted by atomic mass is 10.1. The van der Waals surface area contributed by atoms with Crippen LogP contribution in [0.1, 0.15) is 37.7 Å². The number of hydrogen-bond donors (Lipinski definition) is 2. The molecule has 0 radical (unpaired) electrons. The molecule has 0 aliphatic carbocycles. The number of nitrogens with one attached hydrogen (secondary N) is 1. The van der Waals surface area contributed by atoms with Crippen LogP contribution in [0, 0.1) is 6.92 Å². The lowest BCUT2D eigenvalue weighted by Crippen LogP contribution is -2.03. The molecule has 0 amide bonds. The molecule has 1 heterocycles. The van der Waals surface area contributed by atoms with Gasteiger partial charge in [-0.25, -0.2) is 0 Å². The first-order valence-electron chi connectivity index (χ1n) is 6.06. The quantitative estimate of drug-likeness (QED) is 0.681. The molecule has 0 spiro atoms. The third kappa shape index (κ3) is 5.90. The Bertz CT molecular complexity index is 353. The van der Waals surface area contributed by atoms with Crippen LogP contribution >= 0.6 is 0 Å². The van der Waals surface area contributed by atoms with Gasteiger partial charge in [0.15, 0.2) is 0 Å². The molecule has 1 rings (SSSR count). The van der Waals surface area contributed by atoms with Crippen LogP contribution < -0.4 is 5.32 Å². The molecular weight excluding hydrogens is 216 g/mol. The molecule has 17 heavy (non-hydrogen) atoms. The fourth-order valence-electron chi connectivity index (χ4n) is 1.65. The molecule has 0 bridgehead atoms. The van der Waals surface area contributed by atoms with Crippen LogP contribution in [0.5, 0.6) is 0 Å². The minimum absolute atomic E-state index is 0.289. The summed E-state index contributed by atoms with van der Waals surface area (Å²) >= 11 is 0. The van der Waals surface area contributed by atoms with Gasteiger partial charge in [0.1, 0.15) is 0 Å². The third-order valence-electron chi connectivity index (χ3n) is 2.65. The van der Waals surface area contributed by atoms with Gasteiger partial charge in [0.2, 0.25) is 0 Å².